The highest BCUT2D eigenvalue weighted by Crippen LogP contribution is 2.21. The Labute approximate surface area is 105 Å². The molecule has 0 fully saturated rings. The average Bonchev–Trinajstić information content (AvgIpc) is 2.70. The lowest BCUT2D eigenvalue weighted by molar-refractivity contribution is -0.135. The van der Waals surface area contributed by atoms with Crippen molar-refractivity contribution >= 4 is 0 Å². The molecule has 0 aliphatic rings. The number of halogens is 3. The molecule has 104 valence electrons. The first-order chi connectivity index (χ1) is 8.51. The molecule has 1 rings (SSSR count). The van der Waals surface area contributed by atoms with Crippen molar-refractivity contribution in [2.45, 2.75) is 51.9 Å². The molecule has 1 heterocycles. The monoisotopic (exact) mass is 263 g/mol. The van der Waals surface area contributed by atoms with E-state index in [9.17, 15) is 13.2 Å². The minimum atomic E-state index is -4.03. The first-order valence-electron chi connectivity index (χ1n) is 6.30. The van der Waals surface area contributed by atoms with Crippen LogP contribution in [0.3, 0.4) is 0 Å². The predicted molar refractivity (Wildman–Crippen MR) is 64.1 cm³/mol. The quantitative estimate of drug-likeness (QED) is 0.730. The standard InChI is InChI=1S/C12H20F3N3/c1-2-7-18-10-11(9-17-18)8-16-6-4-3-5-12(13,14)15/h9-10,16H,2-8H2,1H3. The number of alkyl halides is 3. The van der Waals surface area contributed by atoms with E-state index in [0.717, 1.165) is 18.5 Å². The van der Waals surface area contributed by atoms with Gasteiger partial charge in [-0.3, -0.25) is 4.68 Å². The van der Waals surface area contributed by atoms with Gasteiger partial charge < -0.3 is 5.32 Å². The summed E-state index contributed by atoms with van der Waals surface area (Å²) in [5.74, 6) is 0. The van der Waals surface area contributed by atoms with Gasteiger partial charge in [0.2, 0.25) is 0 Å². The van der Waals surface area contributed by atoms with Crippen LogP contribution in [-0.2, 0) is 13.1 Å². The number of rotatable bonds is 8. The Morgan fingerprint density at radius 3 is 2.78 bits per heavy atom. The summed E-state index contributed by atoms with van der Waals surface area (Å²) in [6.45, 7) is 4.25. The van der Waals surface area contributed by atoms with Crippen LogP contribution >= 0.6 is 0 Å². The van der Waals surface area contributed by atoms with Crippen molar-refractivity contribution in [3.05, 3.63) is 18.0 Å². The lowest BCUT2D eigenvalue weighted by Gasteiger charge is -2.06. The summed E-state index contributed by atoms with van der Waals surface area (Å²) in [6.07, 6.45) is 0.801. The second-order valence-electron chi connectivity index (χ2n) is 4.36. The Balaban J connectivity index is 2.07. The van der Waals surface area contributed by atoms with E-state index < -0.39 is 12.6 Å². The van der Waals surface area contributed by atoms with Crippen LogP contribution in [0, 0.1) is 0 Å². The van der Waals surface area contributed by atoms with Crippen molar-refractivity contribution in [2.75, 3.05) is 6.54 Å². The number of nitrogens with zero attached hydrogens (tertiary/aromatic N) is 2. The van der Waals surface area contributed by atoms with Crippen molar-refractivity contribution in [1.29, 1.82) is 0 Å². The van der Waals surface area contributed by atoms with Gasteiger partial charge in [0.1, 0.15) is 0 Å². The summed E-state index contributed by atoms with van der Waals surface area (Å²) in [6, 6.07) is 0. The summed E-state index contributed by atoms with van der Waals surface area (Å²) in [5.41, 5.74) is 1.07. The SMILES string of the molecule is CCCn1cc(CNCCCCC(F)(F)F)cn1. The second kappa shape index (κ2) is 7.41. The van der Waals surface area contributed by atoms with Crippen molar-refractivity contribution < 1.29 is 13.2 Å². The first kappa shape index (κ1) is 15.0. The Hall–Kier alpha value is -1.04. The van der Waals surface area contributed by atoms with Crippen molar-refractivity contribution in [2.24, 2.45) is 0 Å². The molecular formula is C12H20F3N3. The average molecular weight is 263 g/mol. The fraction of sp³-hybridized carbons (Fsp3) is 0.750. The molecule has 6 heteroatoms. The number of hydrogen-bond acceptors (Lipinski definition) is 2. The van der Waals surface area contributed by atoms with Gasteiger partial charge >= 0.3 is 6.18 Å². The summed E-state index contributed by atoms with van der Waals surface area (Å²) in [7, 11) is 0. The molecule has 18 heavy (non-hydrogen) atoms. The lowest BCUT2D eigenvalue weighted by Crippen LogP contribution is -2.15. The van der Waals surface area contributed by atoms with Crippen molar-refractivity contribution in [1.82, 2.24) is 15.1 Å². The minimum absolute atomic E-state index is 0.186. The van der Waals surface area contributed by atoms with Crippen LogP contribution < -0.4 is 5.32 Å². The van der Waals surface area contributed by atoms with Gasteiger partial charge in [0.05, 0.1) is 6.20 Å². The Bertz CT molecular complexity index is 334. The molecule has 0 amide bonds. The Morgan fingerprint density at radius 1 is 1.33 bits per heavy atom. The molecule has 0 aliphatic carbocycles. The van der Waals surface area contributed by atoms with E-state index in [4.69, 9.17) is 0 Å². The predicted octanol–water partition coefficient (Wildman–Crippen LogP) is 3.12. The highest BCUT2D eigenvalue weighted by molar-refractivity contribution is 5.03. The maximum Gasteiger partial charge on any atom is 0.389 e. The van der Waals surface area contributed by atoms with Crippen LogP contribution in [0.1, 0.15) is 38.2 Å². The molecule has 0 aliphatic heterocycles. The molecule has 3 nitrogen and oxygen atoms in total. The van der Waals surface area contributed by atoms with Crippen molar-refractivity contribution in [3.8, 4) is 0 Å². The van der Waals surface area contributed by atoms with Crippen LogP contribution in [-0.4, -0.2) is 22.5 Å². The van der Waals surface area contributed by atoms with Gasteiger partial charge in [-0.2, -0.15) is 18.3 Å². The minimum Gasteiger partial charge on any atom is -0.313 e. The van der Waals surface area contributed by atoms with E-state index >= 15 is 0 Å². The third-order valence-electron chi connectivity index (χ3n) is 2.53. The summed E-state index contributed by atoms with van der Waals surface area (Å²) < 4.78 is 37.5. The maximum atomic E-state index is 11.9. The maximum absolute atomic E-state index is 11.9. The molecule has 0 saturated heterocycles. The van der Waals surface area contributed by atoms with Crippen molar-refractivity contribution in [3.63, 3.8) is 0 Å². The zero-order chi connectivity index (χ0) is 13.4. The third kappa shape index (κ3) is 6.64. The fourth-order valence-electron chi connectivity index (χ4n) is 1.66. The van der Waals surface area contributed by atoms with Crippen LogP contribution in [0.5, 0.6) is 0 Å². The number of hydrogen-bond donors (Lipinski definition) is 1. The van der Waals surface area contributed by atoms with Crippen LogP contribution in [0.2, 0.25) is 0 Å². The highest BCUT2D eigenvalue weighted by Gasteiger charge is 2.25. The molecule has 0 atom stereocenters. The molecular weight excluding hydrogens is 243 g/mol. The van der Waals surface area contributed by atoms with E-state index in [-0.39, 0.29) is 6.42 Å². The number of aromatic nitrogens is 2. The molecule has 0 saturated carbocycles. The van der Waals surface area contributed by atoms with Crippen LogP contribution in [0.15, 0.2) is 12.4 Å². The van der Waals surface area contributed by atoms with E-state index in [0.29, 0.717) is 19.5 Å². The Morgan fingerprint density at radius 2 is 2.11 bits per heavy atom. The molecule has 0 spiro atoms. The van der Waals surface area contributed by atoms with Gasteiger partial charge in [0, 0.05) is 31.3 Å². The molecule has 1 aromatic heterocycles. The zero-order valence-electron chi connectivity index (χ0n) is 10.6. The van der Waals surface area contributed by atoms with Gasteiger partial charge in [0.25, 0.3) is 0 Å². The molecule has 0 aromatic carbocycles. The Kier molecular flexibility index (Phi) is 6.18. The van der Waals surface area contributed by atoms with E-state index in [1.165, 1.54) is 0 Å². The largest absolute Gasteiger partial charge is 0.389 e. The lowest BCUT2D eigenvalue weighted by atomic mass is 10.2. The summed E-state index contributed by atoms with van der Waals surface area (Å²) >= 11 is 0. The van der Waals surface area contributed by atoms with Gasteiger partial charge in [0.15, 0.2) is 0 Å². The van der Waals surface area contributed by atoms with E-state index in [1.54, 1.807) is 6.20 Å². The molecule has 0 radical (unpaired) electrons. The summed E-state index contributed by atoms with van der Waals surface area (Å²) in [5, 5.41) is 7.30. The smallest absolute Gasteiger partial charge is 0.313 e. The summed E-state index contributed by atoms with van der Waals surface area (Å²) in [4.78, 5) is 0. The van der Waals surface area contributed by atoms with Gasteiger partial charge in [-0.1, -0.05) is 6.92 Å². The highest BCUT2D eigenvalue weighted by atomic mass is 19.4. The van der Waals surface area contributed by atoms with Crippen LogP contribution in [0.25, 0.3) is 0 Å². The zero-order valence-corrected chi connectivity index (χ0v) is 10.6. The number of nitrogens with one attached hydrogen (secondary N) is 1. The fourth-order valence-corrected chi connectivity index (χ4v) is 1.66. The van der Waals surface area contributed by atoms with Crippen LogP contribution in [0.4, 0.5) is 13.2 Å². The number of unbranched alkanes of at least 4 members (excludes halogenated alkanes) is 1. The normalized spacial score (nSPS) is 12.0. The van der Waals surface area contributed by atoms with Gasteiger partial charge in [-0.25, -0.2) is 0 Å². The van der Waals surface area contributed by atoms with Gasteiger partial charge in [-0.05, 0) is 25.8 Å². The first-order valence-corrected chi connectivity index (χ1v) is 6.30. The third-order valence-corrected chi connectivity index (χ3v) is 2.53. The number of aryl methyl sites for hydroxylation is 1. The molecule has 1 N–H and O–H groups in total. The second-order valence-corrected chi connectivity index (χ2v) is 4.36. The topological polar surface area (TPSA) is 29.9 Å². The molecule has 1 aromatic rings. The van der Waals surface area contributed by atoms with Gasteiger partial charge in [-0.15, -0.1) is 0 Å². The van der Waals surface area contributed by atoms with E-state index in [1.807, 2.05) is 10.9 Å². The molecule has 0 bridgehead atoms. The van der Waals surface area contributed by atoms with E-state index in [2.05, 4.69) is 17.3 Å². The molecule has 0 unspecified atom stereocenters.